The summed E-state index contributed by atoms with van der Waals surface area (Å²) in [5.41, 5.74) is 0.926. The fourth-order valence-corrected chi connectivity index (χ4v) is 2.90. The van der Waals surface area contributed by atoms with Crippen molar-refractivity contribution in [3.8, 4) is 0 Å². The molecule has 1 unspecified atom stereocenters. The summed E-state index contributed by atoms with van der Waals surface area (Å²) in [4.78, 5) is 14.0. The zero-order chi connectivity index (χ0) is 15.2. The molecule has 1 aliphatic carbocycles. The highest BCUT2D eigenvalue weighted by Crippen LogP contribution is 2.19. The lowest BCUT2D eigenvalue weighted by Gasteiger charge is -2.29. The second-order valence-corrected chi connectivity index (χ2v) is 6.07. The molecule has 21 heavy (non-hydrogen) atoms. The number of carbonyl (C=O) groups is 1. The molecule has 0 heterocycles. The number of nitrogens with one attached hydrogen (secondary N) is 1. The maximum atomic E-state index is 12.3. The van der Waals surface area contributed by atoms with Crippen LogP contribution in [0.2, 0.25) is 0 Å². The molecule has 1 fully saturated rings. The Morgan fingerprint density at radius 1 is 1.29 bits per heavy atom. The summed E-state index contributed by atoms with van der Waals surface area (Å²) in [6.07, 6.45) is 4.07. The van der Waals surface area contributed by atoms with Crippen molar-refractivity contribution in [1.29, 1.82) is 0 Å². The van der Waals surface area contributed by atoms with E-state index in [2.05, 4.69) is 12.2 Å². The van der Waals surface area contributed by atoms with Crippen LogP contribution in [0.4, 0.5) is 5.69 Å². The third kappa shape index (κ3) is 4.83. The zero-order valence-corrected chi connectivity index (χ0v) is 13.0. The van der Waals surface area contributed by atoms with Gasteiger partial charge in [0.2, 0.25) is 5.91 Å². The number of hydrogen-bond donors (Lipinski definition) is 2. The molecule has 1 saturated carbocycles. The Labute approximate surface area is 127 Å². The average molecular weight is 290 g/mol. The number of hydrogen-bond acceptors (Lipinski definition) is 3. The van der Waals surface area contributed by atoms with Crippen molar-refractivity contribution in [2.24, 2.45) is 0 Å². The van der Waals surface area contributed by atoms with Crippen LogP contribution in [0.15, 0.2) is 30.3 Å². The summed E-state index contributed by atoms with van der Waals surface area (Å²) >= 11 is 0. The van der Waals surface area contributed by atoms with E-state index in [1.165, 1.54) is 0 Å². The summed E-state index contributed by atoms with van der Waals surface area (Å²) in [6, 6.07) is 10.3. The van der Waals surface area contributed by atoms with Crippen LogP contribution in [0.3, 0.4) is 0 Å². The van der Waals surface area contributed by atoms with Gasteiger partial charge in [0.05, 0.1) is 6.10 Å². The first kappa shape index (κ1) is 16.0. The fourth-order valence-electron chi connectivity index (χ4n) is 2.90. The molecular weight excluding hydrogens is 264 g/mol. The molecule has 1 aromatic rings. The molecule has 1 atom stereocenters. The third-order valence-electron chi connectivity index (χ3n) is 4.22. The highest BCUT2D eigenvalue weighted by molar-refractivity contribution is 5.93. The van der Waals surface area contributed by atoms with Crippen molar-refractivity contribution in [1.82, 2.24) is 5.32 Å². The zero-order valence-electron chi connectivity index (χ0n) is 13.0. The first-order valence-electron chi connectivity index (χ1n) is 7.82. The molecule has 0 spiro atoms. The van der Waals surface area contributed by atoms with E-state index in [-0.39, 0.29) is 18.1 Å². The van der Waals surface area contributed by atoms with Crippen LogP contribution in [0, 0.1) is 0 Å². The van der Waals surface area contributed by atoms with Gasteiger partial charge < -0.3 is 15.3 Å². The smallest absolute Gasteiger partial charge is 0.228 e. The molecular formula is C17H26N2O2. The van der Waals surface area contributed by atoms with Gasteiger partial charge in [-0.2, -0.15) is 0 Å². The highest BCUT2D eigenvalue weighted by Gasteiger charge is 2.22. The minimum Gasteiger partial charge on any atom is -0.393 e. The van der Waals surface area contributed by atoms with E-state index < -0.39 is 0 Å². The average Bonchev–Trinajstić information content (AvgIpc) is 2.49. The van der Waals surface area contributed by atoms with Crippen LogP contribution in [-0.4, -0.2) is 36.2 Å². The number of aliphatic hydroxyl groups excluding tert-OH is 1. The van der Waals surface area contributed by atoms with Gasteiger partial charge in [-0.15, -0.1) is 0 Å². The molecule has 1 aromatic carbocycles. The number of nitrogens with zero attached hydrogens (tertiary/aromatic N) is 1. The Morgan fingerprint density at radius 3 is 2.52 bits per heavy atom. The summed E-state index contributed by atoms with van der Waals surface area (Å²) in [7, 11) is 1.82. The molecule has 0 aromatic heterocycles. The number of carbonyl (C=O) groups excluding carboxylic acids is 1. The molecule has 1 aliphatic rings. The van der Waals surface area contributed by atoms with Crippen LogP contribution in [0.25, 0.3) is 0 Å². The number of para-hydroxylation sites is 1. The molecule has 4 heteroatoms. The highest BCUT2D eigenvalue weighted by atomic mass is 16.3. The topological polar surface area (TPSA) is 52.6 Å². The summed E-state index contributed by atoms with van der Waals surface area (Å²) < 4.78 is 0. The molecule has 0 aliphatic heterocycles. The van der Waals surface area contributed by atoms with Crippen molar-refractivity contribution in [3.05, 3.63) is 30.3 Å². The Morgan fingerprint density at radius 2 is 1.90 bits per heavy atom. The molecule has 0 saturated heterocycles. The Kier molecular flexibility index (Phi) is 5.76. The maximum Gasteiger partial charge on any atom is 0.228 e. The van der Waals surface area contributed by atoms with Gasteiger partial charge >= 0.3 is 0 Å². The molecule has 1 amide bonds. The largest absolute Gasteiger partial charge is 0.393 e. The molecule has 2 rings (SSSR count). The van der Waals surface area contributed by atoms with Crippen LogP contribution in [0.1, 0.15) is 39.0 Å². The van der Waals surface area contributed by atoms with Gasteiger partial charge in [-0.05, 0) is 44.7 Å². The van der Waals surface area contributed by atoms with Gasteiger partial charge in [0.25, 0.3) is 0 Å². The monoisotopic (exact) mass is 290 g/mol. The van der Waals surface area contributed by atoms with E-state index >= 15 is 0 Å². The Hall–Kier alpha value is -1.39. The maximum absolute atomic E-state index is 12.3. The van der Waals surface area contributed by atoms with Crippen molar-refractivity contribution >= 4 is 11.6 Å². The second kappa shape index (κ2) is 7.57. The number of rotatable bonds is 5. The molecule has 0 bridgehead atoms. The number of amides is 1. The number of aliphatic hydroxyl groups is 1. The van der Waals surface area contributed by atoms with Gasteiger partial charge in [0, 0.05) is 31.2 Å². The van der Waals surface area contributed by atoms with Gasteiger partial charge in [0.15, 0.2) is 0 Å². The summed E-state index contributed by atoms with van der Waals surface area (Å²) in [5.74, 6) is 0.122. The number of benzene rings is 1. The van der Waals surface area contributed by atoms with E-state index in [4.69, 9.17) is 0 Å². The third-order valence-corrected chi connectivity index (χ3v) is 4.22. The van der Waals surface area contributed by atoms with Gasteiger partial charge in [-0.25, -0.2) is 0 Å². The van der Waals surface area contributed by atoms with E-state index in [9.17, 15) is 9.90 Å². The molecule has 116 valence electrons. The lowest BCUT2D eigenvalue weighted by Crippen LogP contribution is -2.42. The molecule has 0 radical (unpaired) electrons. The molecule has 4 nitrogen and oxygen atoms in total. The summed E-state index contributed by atoms with van der Waals surface area (Å²) in [5, 5.41) is 13.0. The Bertz CT molecular complexity index is 441. The minimum atomic E-state index is -0.135. The standard InChI is InChI=1S/C17H26N2O2/c1-13(18-14-8-10-16(20)11-9-14)12-17(21)19(2)15-6-4-3-5-7-15/h3-7,13-14,16,18,20H,8-12H2,1-2H3. The van der Waals surface area contributed by atoms with Gasteiger partial charge in [-0.3, -0.25) is 4.79 Å². The van der Waals surface area contributed by atoms with E-state index in [0.717, 1.165) is 31.4 Å². The Balaban J connectivity index is 1.79. The van der Waals surface area contributed by atoms with Crippen LogP contribution < -0.4 is 10.2 Å². The van der Waals surface area contributed by atoms with E-state index in [1.807, 2.05) is 37.4 Å². The van der Waals surface area contributed by atoms with E-state index in [1.54, 1.807) is 4.90 Å². The van der Waals surface area contributed by atoms with Gasteiger partial charge in [-0.1, -0.05) is 18.2 Å². The number of anilines is 1. The first-order chi connectivity index (χ1) is 10.1. The normalized spacial score (nSPS) is 23.6. The minimum absolute atomic E-state index is 0.122. The lowest BCUT2D eigenvalue weighted by molar-refractivity contribution is -0.118. The molecule has 2 N–H and O–H groups in total. The van der Waals surface area contributed by atoms with E-state index in [0.29, 0.717) is 12.5 Å². The van der Waals surface area contributed by atoms with Crippen molar-refractivity contribution in [2.75, 3.05) is 11.9 Å². The predicted molar refractivity (Wildman–Crippen MR) is 85.3 cm³/mol. The first-order valence-corrected chi connectivity index (χ1v) is 7.82. The fraction of sp³-hybridized carbons (Fsp3) is 0.588. The van der Waals surface area contributed by atoms with Crippen LogP contribution in [0.5, 0.6) is 0 Å². The second-order valence-electron chi connectivity index (χ2n) is 6.07. The SMILES string of the molecule is CC(CC(=O)N(C)c1ccccc1)NC1CCC(O)CC1. The van der Waals surface area contributed by atoms with Crippen LogP contribution in [-0.2, 0) is 4.79 Å². The van der Waals surface area contributed by atoms with Crippen LogP contribution >= 0.6 is 0 Å². The van der Waals surface area contributed by atoms with Crippen molar-refractivity contribution in [2.45, 2.75) is 57.2 Å². The summed E-state index contributed by atoms with van der Waals surface area (Å²) in [6.45, 7) is 2.06. The lowest BCUT2D eigenvalue weighted by atomic mass is 9.92. The quantitative estimate of drug-likeness (QED) is 0.875. The predicted octanol–water partition coefficient (Wildman–Crippen LogP) is 2.32. The van der Waals surface area contributed by atoms with Crippen molar-refractivity contribution < 1.29 is 9.90 Å². The van der Waals surface area contributed by atoms with Crippen molar-refractivity contribution in [3.63, 3.8) is 0 Å². The van der Waals surface area contributed by atoms with Gasteiger partial charge in [0.1, 0.15) is 0 Å².